The zero-order valence-electron chi connectivity index (χ0n) is 13.3. The third-order valence-corrected chi connectivity index (χ3v) is 4.85. The molecule has 1 aromatic rings. The number of rotatable bonds is 4. The fraction of sp³-hybridized carbons (Fsp3) is 0.667. The fourth-order valence-corrected chi connectivity index (χ4v) is 3.44. The standard InChI is InChI=1S/C18H28N2O/c1-14(2)17-13-20(10-9-16-7-5-11-21-16)18-8-4-3-6-15(18)12-19-17/h3-4,6,8,14,16-17,19H,5,7,9-13H2,1-2H3. The summed E-state index contributed by atoms with van der Waals surface area (Å²) in [4.78, 5) is 2.57. The molecule has 2 atom stereocenters. The number of hydrogen-bond acceptors (Lipinski definition) is 3. The van der Waals surface area contributed by atoms with E-state index >= 15 is 0 Å². The number of ether oxygens (including phenoxy) is 1. The second-order valence-electron chi connectivity index (χ2n) is 6.73. The van der Waals surface area contributed by atoms with Crippen molar-refractivity contribution in [3.8, 4) is 0 Å². The quantitative estimate of drug-likeness (QED) is 0.921. The number of para-hydroxylation sites is 1. The van der Waals surface area contributed by atoms with Gasteiger partial charge in [-0.25, -0.2) is 0 Å². The average molecular weight is 288 g/mol. The molecule has 1 fully saturated rings. The molecule has 0 amide bonds. The predicted octanol–water partition coefficient (Wildman–Crippen LogP) is 3.19. The van der Waals surface area contributed by atoms with Crippen LogP contribution in [0.2, 0.25) is 0 Å². The van der Waals surface area contributed by atoms with Crippen molar-refractivity contribution in [1.29, 1.82) is 0 Å². The molecule has 2 aliphatic heterocycles. The summed E-state index contributed by atoms with van der Waals surface area (Å²) in [7, 11) is 0. The van der Waals surface area contributed by atoms with Gasteiger partial charge in [-0.2, -0.15) is 0 Å². The van der Waals surface area contributed by atoms with Crippen LogP contribution in [0.4, 0.5) is 5.69 Å². The van der Waals surface area contributed by atoms with E-state index in [1.165, 1.54) is 24.1 Å². The maximum absolute atomic E-state index is 5.80. The molecule has 0 aliphatic carbocycles. The second-order valence-corrected chi connectivity index (χ2v) is 6.73. The zero-order chi connectivity index (χ0) is 14.7. The Morgan fingerprint density at radius 2 is 2.19 bits per heavy atom. The van der Waals surface area contributed by atoms with E-state index < -0.39 is 0 Å². The van der Waals surface area contributed by atoms with Crippen LogP contribution >= 0.6 is 0 Å². The van der Waals surface area contributed by atoms with Crippen molar-refractivity contribution in [2.75, 3.05) is 24.6 Å². The Morgan fingerprint density at radius 1 is 1.33 bits per heavy atom. The molecule has 3 nitrogen and oxygen atoms in total. The molecule has 0 bridgehead atoms. The summed E-state index contributed by atoms with van der Waals surface area (Å²) in [5.74, 6) is 0.657. The highest BCUT2D eigenvalue weighted by Crippen LogP contribution is 2.26. The summed E-state index contributed by atoms with van der Waals surface area (Å²) in [6, 6.07) is 9.39. The van der Waals surface area contributed by atoms with Gasteiger partial charge in [0, 0.05) is 38.0 Å². The molecule has 2 unspecified atom stereocenters. The van der Waals surface area contributed by atoms with Gasteiger partial charge in [0.2, 0.25) is 0 Å². The highest BCUT2D eigenvalue weighted by molar-refractivity contribution is 5.54. The number of benzene rings is 1. The lowest BCUT2D eigenvalue weighted by atomic mass is 10.0. The first-order valence-electron chi connectivity index (χ1n) is 8.42. The second kappa shape index (κ2) is 6.80. The van der Waals surface area contributed by atoms with Gasteiger partial charge in [-0.3, -0.25) is 0 Å². The van der Waals surface area contributed by atoms with Crippen LogP contribution in [0.15, 0.2) is 24.3 Å². The lowest BCUT2D eigenvalue weighted by molar-refractivity contribution is 0.105. The van der Waals surface area contributed by atoms with Crippen molar-refractivity contribution in [3.05, 3.63) is 29.8 Å². The van der Waals surface area contributed by atoms with Gasteiger partial charge in [-0.15, -0.1) is 0 Å². The molecule has 1 saturated heterocycles. The predicted molar refractivity (Wildman–Crippen MR) is 87.7 cm³/mol. The minimum absolute atomic E-state index is 0.478. The molecule has 116 valence electrons. The lowest BCUT2D eigenvalue weighted by Gasteiger charge is -2.30. The van der Waals surface area contributed by atoms with Crippen LogP contribution in [0.25, 0.3) is 0 Å². The summed E-state index contributed by atoms with van der Waals surface area (Å²) in [5, 5.41) is 3.72. The minimum Gasteiger partial charge on any atom is -0.378 e. The summed E-state index contributed by atoms with van der Waals surface area (Å²) >= 11 is 0. The Kier molecular flexibility index (Phi) is 4.81. The van der Waals surface area contributed by atoms with Gasteiger partial charge < -0.3 is 15.0 Å². The average Bonchev–Trinajstić information content (AvgIpc) is 2.93. The molecule has 0 saturated carbocycles. The SMILES string of the molecule is CC(C)C1CN(CCC2CCCO2)c2ccccc2CN1. The topological polar surface area (TPSA) is 24.5 Å². The van der Waals surface area contributed by atoms with Gasteiger partial charge in [0.25, 0.3) is 0 Å². The number of nitrogens with one attached hydrogen (secondary N) is 1. The molecule has 0 aromatic heterocycles. The third kappa shape index (κ3) is 3.58. The minimum atomic E-state index is 0.478. The Balaban J connectivity index is 1.73. The molecule has 2 heterocycles. The van der Waals surface area contributed by atoms with Crippen molar-refractivity contribution in [3.63, 3.8) is 0 Å². The summed E-state index contributed by atoms with van der Waals surface area (Å²) < 4.78 is 5.80. The van der Waals surface area contributed by atoms with E-state index in [0.717, 1.165) is 32.7 Å². The first-order valence-corrected chi connectivity index (χ1v) is 8.42. The van der Waals surface area contributed by atoms with Crippen LogP contribution in [0, 0.1) is 5.92 Å². The largest absolute Gasteiger partial charge is 0.378 e. The molecule has 1 N–H and O–H groups in total. The van der Waals surface area contributed by atoms with Crippen LogP contribution in [-0.2, 0) is 11.3 Å². The molecule has 3 rings (SSSR count). The molecular weight excluding hydrogens is 260 g/mol. The van der Waals surface area contributed by atoms with E-state index in [0.29, 0.717) is 18.1 Å². The number of hydrogen-bond donors (Lipinski definition) is 1. The maximum Gasteiger partial charge on any atom is 0.0592 e. The monoisotopic (exact) mass is 288 g/mol. The summed E-state index contributed by atoms with van der Waals surface area (Å²) in [6.07, 6.45) is 4.10. The number of fused-ring (bicyclic) bond motifs is 1. The van der Waals surface area contributed by atoms with Crippen LogP contribution in [-0.4, -0.2) is 31.8 Å². The van der Waals surface area contributed by atoms with E-state index in [1.54, 1.807) is 0 Å². The molecule has 0 spiro atoms. The third-order valence-electron chi connectivity index (χ3n) is 4.85. The van der Waals surface area contributed by atoms with Crippen molar-refractivity contribution >= 4 is 5.69 Å². The molecule has 3 heteroatoms. The van der Waals surface area contributed by atoms with Gasteiger partial charge in [0.15, 0.2) is 0 Å². The number of nitrogens with zero attached hydrogens (tertiary/aromatic N) is 1. The van der Waals surface area contributed by atoms with Gasteiger partial charge in [-0.1, -0.05) is 32.0 Å². The summed E-state index contributed by atoms with van der Waals surface area (Å²) in [5.41, 5.74) is 2.83. The molecule has 21 heavy (non-hydrogen) atoms. The number of anilines is 1. The van der Waals surface area contributed by atoms with Crippen molar-refractivity contribution in [2.24, 2.45) is 5.92 Å². The maximum atomic E-state index is 5.80. The van der Waals surface area contributed by atoms with Crippen LogP contribution in [0.3, 0.4) is 0 Å². The first-order chi connectivity index (χ1) is 10.2. The van der Waals surface area contributed by atoms with E-state index in [4.69, 9.17) is 4.74 Å². The van der Waals surface area contributed by atoms with Gasteiger partial charge >= 0.3 is 0 Å². The normalized spacial score (nSPS) is 26.0. The van der Waals surface area contributed by atoms with Crippen molar-refractivity contribution in [2.45, 2.75) is 51.8 Å². The Hall–Kier alpha value is -1.06. The van der Waals surface area contributed by atoms with Crippen LogP contribution < -0.4 is 10.2 Å². The fourth-order valence-electron chi connectivity index (χ4n) is 3.44. The van der Waals surface area contributed by atoms with E-state index in [9.17, 15) is 0 Å². The van der Waals surface area contributed by atoms with Crippen molar-refractivity contribution in [1.82, 2.24) is 5.32 Å². The smallest absolute Gasteiger partial charge is 0.0592 e. The Bertz CT molecular complexity index is 454. The van der Waals surface area contributed by atoms with E-state index in [2.05, 4.69) is 48.3 Å². The van der Waals surface area contributed by atoms with Crippen LogP contribution in [0.5, 0.6) is 0 Å². The van der Waals surface area contributed by atoms with Crippen LogP contribution in [0.1, 0.15) is 38.7 Å². The van der Waals surface area contributed by atoms with E-state index in [-0.39, 0.29) is 0 Å². The zero-order valence-corrected chi connectivity index (χ0v) is 13.3. The highest BCUT2D eigenvalue weighted by Gasteiger charge is 2.24. The molecule has 1 aromatic carbocycles. The van der Waals surface area contributed by atoms with Gasteiger partial charge in [0.05, 0.1) is 6.10 Å². The van der Waals surface area contributed by atoms with Crippen molar-refractivity contribution < 1.29 is 4.74 Å². The Labute approximate surface area is 128 Å². The molecular formula is C18H28N2O. The first kappa shape index (κ1) is 14.9. The summed E-state index contributed by atoms with van der Waals surface area (Å²) in [6.45, 7) is 8.76. The van der Waals surface area contributed by atoms with E-state index in [1.807, 2.05) is 0 Å². The highest BCUT2D eigenvalue weighted by atomic mass is 16.5. The molecule has 0 radical (unpaired) electrons. The molecule has 2 aliphatic rings. The lowest BCUT2D eigenvalue weighted by Crippen LogP contribution is -2.42. The Morgan fingerprint density at radius 3 is 2.95 bits per heavy atom. The van der Waals surface area contributed by atoms with Gasteiger partial charge in [-0.05, 0) is 36.8 Å². The van der Waals surface area contributed by atoms with Gasteiger partial charge in [0.1, 0.15) is 0 Å².